The lowest BCUT2D eigenvalue weighted by Gasteiger charge is -2.03. The van der Waals surface area contributed by atoms with Crippen LogP contribution < -0.4 is 5.32 Å². The van der Waals surface area contributed by atoms with E-state index in [0.717, 1.165) is 16.8 Å². The summed E-state index contributed by atoms with van der Waals surface area (Å²) in [7, 11) is 1.82. The molecule has 1 aromatic heterocycles. The van der Waals surface area contributed by atoms with Crippen molar-refractivity contribution in [2.75, 3.05) is 11.9 Å². The molecule has 0 aliphatic rings. The van der Waals surface area contributed by atoms with Gasteiger partial charge in [0, 0.05) is 37.2 Å². The molecule has 2 aromatic rings. The van der Waals surface area contributed by atoms with Crippen molar-refractivity contribution in [1.82, 2.24) is 9.78 Å². The average Bonchev–Trinajstić information content (AvgIpc) is 2.85. The highest BCUT2D eigenvalue weighted by atomic mass is 16.2. The van der Waals surface area contributed by atoms with Crippen molar-refractivity contribution in [2.45, 2.75) is 6.42 Å². The normalized spacial score (nSPS) is 10.9. The minimum Gasteiger partial charge on any atom is -0.396 e. The molecule has 2 rings (SSSR count). The van der Waals surface area contributed by atoms with Crippen LogP contribution in [0.2, 0.25) is 0 Å². The zero-order valence-corrected chi connectivity index (χ0v) is 11.3. The first-order valence-corrected chi connectivity index (χ1v) is 6.35. The number of rotatable bonds is 5. The molecular weight excluding hydrogens is 254 g/mol. The van der Waals surface area contributed by atoms with Gasteiger partial charge in [-0.3, -0.25) is 9.48 Å². The van der Waals surface area contributed by atoms with Gasteiger partial charge in [0.15, 0.2) is 0 Å². The fourth-order valence-electron chi connectivity index (χ4n) is 1.77. The van der Waals surface area contributed by atoms with Crippen LogP contribution in [-0.2, 0) is 18.3 Å². The maximum atomic E-state index is 11.7. The summed E-state index contributed by atoms with van der Waals surface area (Å²) in [5.74, 6) is -0.191. The number of nitrogens with one attached hydrogen (secondary N) is 1. The van der Waals surface area contributed by atoms with Crippen molar-refractivity contribution in [3.05, 3.63) is 53.9 Å². The number of hydrogen-bond acceptors (Lipinski definition) is 3. The highest BCUT2D eigenvalue weighted by Crippen LogP contribution is 2.10. The molecular formula is C15H17N3O2. The molecule has 0 saturated carbocycles. The molecule has 20 heavy (non-hydrogen) atoms. The predicted molar refractivity (Wildman–Crippen MR) is 78.1 cm³/mol. The van der Waals surface area contributed by atoms with Crippen molar-refractivity contribution in [1.29, 1.82) is 0 Å². The Morgan fingerprint density at radius 2 is 2.15 bits per heavy atom. The summed E-state index contributed by atoms with van der Waals surface area (Å²) in [6.45, 7) is 0.125. The Kier molecular flexibility index (Phi) is 4.68. The van der Waals surface area contributed by atoms with Crippen LogP contribution in [0.15, 0.2) is 42.7 Å². The summed E-state index contributed by atoms with van der Waals surface area (Å²) < 4.78 is 1.68. The van der Waals surface area contributed by atoms with E-state index in [1.165, 1.54) is 6.08 Å². The molecule has 104 valence electrons. The van der Waals surface area contributed by atoms with Crippen LogP contribution in [0.3, 0.4) is 0 Å². The Bertz CT molecular complexity index is 600. The number of nitrogens with zero attached hydrogens (tertiary/aromatic N) is 2. The van der Waals surface area contributed by atoms with Gasteiger partial charge in [0.2, 0.25) is 5.91 Å². The third kappa shape index (κ3) is 4.07. The first kappa shape index (κ1) is 14.0. The van der Waals surface area contributed by atoms with E-state index < -0.39 is 0 Å². The van der Waals surface area contributed by atoms with E-state index in [1.807, 2.05) is 37.5 Å². The first-order valence-electron chi connectivity index (χ1n) is 6.35. The largest absolute Gasteiger partial charge is 0.396 e. The molecule has 2 N–H and O–H groups in total. The summed E-state index contributed by atoms with van der Waals surface area (Å²) in [6.07, 6.45) is 7.32. The van der Waals surface area contributed by atoms with E-state index in [9.17, 15) is 4.79 Å². The number of aromatic nitrogens is 2. The smallest absolute Gasteiger partial charge is 0.248 e. The van der Waals surface area contributed by atoms with E-state index in [0.29, 0.717) is 6.42 Å². The minimum absolute atomic E-state index is 0.125. The van der Waals surface area contributed by atoms with Crippen LogP contribution in [0.25, 0.3) is 6.08 Å². The Hall–Kier alpha value is -2.40. The summed E-state index contributed by atoms with van der Waals surface area (Å²) in [6, 6.07) is 7.41. The van der Waals surface area contributed by atoms with Gasteiger partial charge in [-0.1, -0.05) is 12.1 Å². The summed E-state index contributed by atoms with van der Waals surface area (Å²) in [4.78, 5) is 11.7. The van der Waals surface area contributed by atoms with E-state index >= 15 is 0 Å². The molecule has 0 aliphatic carbocycles. The zero-order valence-electron chi connectivity index (χ0n) is 11.3. The van der Waals surface area contributed by atoms with Crippen molar-refractivity contribution in [3.63, 3.8) is 0 Å². The minimum atomic E-state index is -0.191. The van der Waals surface area contributed by atoms with Crippen LogP contribution in [0.5, 0.6) is 0 Å². The molecule has 1 amide bonds. The highest BCUT2D eigenvalue weighted by Gasteiger charge is 1.99. The van der Waals surface area contributed by atoms with Crippen molar-refractivity contribution in [2.24, 2.45) is 7.05 Å². The maximum absolute atomic E-state index is 11.7. The van der Waals surface area contributed by atoms with Crippen molar-refractivity contribution >= 4 is 17.7 Å². The number of anilines is 1. The quantitative estimate of drug-likeness (QED) is 0.812. The van der Waals surface area contributed by atoms with Crippen LogP contribution in [0.4, 0.5) is 5.69 Å². The Morgan fingerprint density at radius 3 is 2.75 bits per heavy atom. The molecule has 0 radical (unpaired) electrons. The summed E-state index contributed by atoms with van der Waals surface area (Å²) in [5, 5.41) is 15.6. The van der Waals surface area contributed by atoms with Crippen molar-refractivity contribution in [3.8, 4) is 0 Å². The molecule has 5 nitrogen and oxygen atoms in total. The maximum Gasteiger partial charge on any atom is 0.248 e. The zero-order chi connectivity index (χ0) is 14.4. The third-order valence-electron chi connectivity index (χ3n) is 2.77. The van der Waals surface area contributed by atoms with Gasteiger partial charge < -0.3 is 10.4 Å². The molecule has 1 heterocycles. The molecule has 0 saturated heterocycles. The van der Waals surface area contributed by atoms with Crippen LogP contribution in [0.1, 0.15) is 11.1 Å². The van der Waals surface area contributed by atoms with Gasteiger partial charge in [-0.05, 0) is 30.2 Å². The second kappa shape index (κ2) is 6.68. The molecule has 0 spiro atoms. The Morgan fingerprint density at radius 1 is 1.40 bits per heavy atom. The van der Waals surface area contributed by atoms with E-state index in [4.69, 9.17) is 5.11 Å². The van der Waals surface area contributed by atoms with Gasteiger partial charge in [0.1, 0.15) is 0 Å². The molecule has 0 bridgehead atoms. The number of amides is 1. The Balaban J connectivity index is 1.92. The summed E-state index contributed by atoms with van der Waals surface area (Å²) in [5.41, 5.74) is 2.64. The van der Waals surface area contributed by atoms with Gasteiger partial charge in [0.05, 0.1) is 6.20 Å². The molecule has 0 unspecified atom stereocenters. The number of benzene rings is 1. The number of carbonyl (C=O) groups is 1. The topological polar surface area (TPSA) is 67.2 Å². The van der Waals surface area contributed by atoms with E-state index in [1.54, 1.807) is 17.0 Å². The lowest BCUT2D eigenvalue weighted by atomic mass is 10.1. The third-order valence-corrected chi connectivity index (χ3v) is 2.77. The number of aryl methyl sites for hydroxylation is 1. The van der Waals surface area contributed by atoms with E-state index in [-0.39, 0.29) is 12.5 Å². The standard InChI is InChI=1S/C15H17N3O2/c1-18-11-13(10-16-18)4-7-15(20)17-14-5-2-12(3-6-14)8-9-19/h2-7,10-11,19H,8-9H2,1H3,(H,17,20)/b7-4-. The lowest BCUT2D eigenvalue weighted by Crippen LogP contribution is -2.07. The summed E-state index contributed by atoms with van der Waals surface area (Å²) >= 11 is 0. The fourth-order valence-corrected chi connectivity index (χ4v) is 1.77. The number of carbonyl (C=O) groups excluding carboxylic acids is 1. The number of aliphatic hydroxyl groups excluding tert-OH is 1. The van der Waals surface area contributed by atoms with Gasteiger partial charge in [-0.2, -0.15) is 5.10 Å². The predicted octanol–water partition coefficient (Wildman–Crippen LogP) is 1.61. The molecule has 0 atom stereocenters. The second-order valence-corrected chi connectivity index (χ2v) is 4.44. The highest BCUT2D eigenvalue weighted by molar-refractivity contribution is 6.01. The fraction of sp³-hybridized carbons (Fsp3) is 0.200. The van der Waals surface area contributed by atoms with Crippen LogP contribution in [0, 0.1) is 0 Å². The molecule has 0 fully saturated rings. The number of hydrogen-bond donors (Lipinski definition) is 2. The Labute approximate surface area is 117 Å². The van der Waals surface area contributed by atoms with Crippen LogP contribution in [-0.4, -0.2) is 27.4 Å². The van der Waals surface area contributed by atoms with Gasteiger partial charge in [-0.25, -0.2) is 0 Å². The lowest BCUT2D eigenvalue weighted by molar-refractivity contribution is -0.111. The monoisotopic (exact) mass is 271 g/mol. The average molecular weight is 271 g/mol. The van der Waals surface area contributed by atoms with Gasteiger partial charge >= 0.3 is 0 Å². The molecule has 5 heteroatoms. The molecule has 1 aromatic carbocycles. The van der Waals surface area contributed by atoms with Crippen LogP contribution >= 0.6 is 0 Å². The van der Waals surface area contributed by atoms with Crippen molar-refractivity contribution < 1.29 is 9.90 Å². The first-order chi connectivity index (χ1) is 9.67. The number of aliphatic hydroxyl groups is 1. The van der Waals surface area contributed by atoms with Gasteiger partial charge in [0.25, 0.3) is 0 Å². The molecule has 0 aliphatic heterocycles. The second-order valence-electron chi connectivity index (χ2n) is 4.44. The van der Waals surface area contributed by atoms with E-state index in [2.05, 4.69) is 10.4 Å². The van der Waals surface area contributed by atoms with Gasteiger partial charge in [-0.15, -0.1) is 0 Å². The SMILES string of the molecule is Cn1cc(/C=C\C(=O)Nc2ccc(CCO)cc2)cn1.